The van der Waals surface area contributed by atoms with Crippen LogP contribution >= 0.6 is 0 Å². The van der Waals surface area contributed by atoms with Gasteiger partial charge in [0.15, 0.2) is 0 Å². The highest BCUT2D eigenvalue weighted by Crippen LogP contribution is 2.25. The molecule has 1 aliphatic rings. The highest BCUT2D eigenvalue weighted by molar-refractivity contribution is 5.82. The van der Waals surface area contributed by atoms with Crippen LogP contribution in [0.1, 0.15) is 26.2 Å². The number of unbranched alkanes of at least 4 members (excludes halogenated alkanes) is 1. The average molecular weight is 247 g/mol. The second-order valence-electron chi connectivity index (χ2n) is 4.24. The summed E-state index contributed by atoms with van der Waals surface area (Å²) in [5, 5.41) is 8.67. The highest BCUT2D eigenvalue weighted by Gasteiger charge is 2.46. The van der Waals surface area contributed by atoms with Crippen LogP contribution in [0, 0.1) is 0 Å². The number of carbonyl (C=O) groups is 2. The van der Waals surface area contributed by atoms with Crippen molar-refractivity contribution in [1.82, 2.24) is 4.90 Å². The van der Waals surface area contributed by atoms with E-state index in [-0.39, 0.29) is 32.0 Å². The maximum Gasteiger partial charge on any atom is 0.343 e. The third-order valence-corrected chi connectivity index (χ3v) is 2.82. The molecule has 0 aromatic carbocycles. The van der Waals surface area contributed by atoms with E-state index in [1.807, 2.05) is 6.92 Å². The van der Waals surface area contributed by atoms with Crippen molar-refractivity contribution in [3.8, 4) is 0 Å². The van der Waals surface area contributed by atoms with Gasteiger partial charge in [-0.3, -0.25) is 4.79 Å². The smallest absolute Gasteiger partial charge is 0.343 e. The number of hydrogen-bond acceptors (Lipinski definition) is 3. The van der Waals surface area contributed by atoms with Gasteiger partial charge in [-0.15, -0.1) is 0 Å². The number of carboxylic acid groups (broad SMARTS) is 1. The Labute approximate surface area is 99.5 Å². The molecule has 1 saturated heterocycles. The fourth-order valence-corrected chi connectivity index (χ4v) is 1.66. The summed E-state index contributed by atoms with van der Waals surface area (Å²) >= 11 is 0. The van der Waals surface area contributed by atoms with Crippen molar-refractivity contribution in [3.63, 3.8) is 0 Å². The number of aliphatic carboxylic acids is 1. The molecule has 1 heterocycles. The van der Waals surface area contributed by atoms with Crippen LogP contribution in [0.4, 0.5) is 4.39 Å². The van der Waals surface area contributed by atoms with E-state index in [1.165, 1.54) is 4.90 Å². The second-order valence-corrected chi connectivity index (χ2v) is 4.24. The van der Waals surface area contributed by atoms with E-state index in [2.05, 4.69) is 0 Å². The highest BCUT2D eigenvalue weighted by atomic mass is 19.1. The molecule has 0 aromatic heterocycles. The van der Waals surface area contributed by atoms with Crippen LogP contribution in [-0.2, 0) is 14.3 Å². The van der Waals surface area contributed by atoms with E-state index in [1.54, 1.807) is 0 Å². The normalized spacial score (nSPS) is 24.0. The third kappa shape index (κ3) is 3.66. The summed E-state index contributed by atoms with van der Waals surface area (Å²) in [7, 11) is 0. The molecular weight excluding hydrogens is 229 g/mol. The second kappa shape index (κ2) is 5.95. The van der Waals surface area contributed by atoms with E-state index in [0.29, 0.717) is 6.61 Å². The zero-order chi connectivity index (χ0) is 12.9. The minimum absolute atomic E-state index is 0.101. The van der Waals surface area contributed by atoms with Gasteiger partial charge in [-0.2, -0.15) is 0 Å². The van der Waals surface area contributed by atoms with Gasteiger partial charge in [-0.1, -0.05) is 13.3 Å². The number of carboxylic acids is 1. The molecule has 5 nitrogen and oxygen atoms in total. The number of ether oxygens (including phenoxy) is 1. The lowest BCUT2D eigenvalue weighted by molar-refractivity contribution is -0.150. The minimum atomic E-state index is -2.29. The van der Waals surface area contributed by atoms with Gasteiger partial charge in [-0.25, -0.2) is 9.18 Å². The zero-order valence-electron chi connectivity index (χ0n) is 9.95. The first-order valence-electron chi connectivity index (χ1n) is 5.77. The van der Waals surface area contributed by atoms with E-state index >= 15 is 0 Å². The quantitative estimate of drug-likeness (QED) is 0.706. The first-order valence-corrected chi connectivity index (χ1v) is 5.77. The molecule has 1 fully saturated rings. The van der Waals surface area contributed by atoms with Crippen molar-refractivity contribution in [2.75, 3.05) is 26.3 Å². The van der Waals surface area contributed by atoms with E-state index < -0.39 is 11.6 Å². The number of alkyl halides is 1. The van der Waals surface area contributed by atoms with Gasteiger partial charge < -0.3 is 14.7 Å². The molecule has 1 amide bonds. The van der Waals surface area contributed by atoms with Gasteiger partial charge in [0.25, 0.3) is 0 Å². The van der Waals surface area contributed by atoms with E-state index in [4.69, 9.17) is 9.84 Å². The predicted molar refractivity (Wildman–Crippen MR) is 58.4 cm³/mol. The molecule has 1 N–H and O–H groups in total. The Morgan fingerprint density at radius 3 is 2.76 bits per heavy atom. The lowest BCUT2D eigenvalue weighted by Gasteiger charge is -2.17. The molecule has 0 radical (unpaired) electrons. The van der Waals surface area contributed by atoms with Crippen LogP contribution in [-0.4, -0.2) is 53.9 Å². The Bertz CT molecular complexity index is 297. The van der Waals surface area contributed by atoms with Crippen molar-refractivity contribution in [3.05, 3.63) is 0 Å². The van der Waals surface area contributed by atoms with Gasteiger partial charge in [0.1, 0.15) is 6.61 Å². The minimum Gasteiger partial charge on any atom is -0.479 e. The summed E-state index contributed by atoms with van der Waals surface area (Å²) in [6.45, 7) is 2.17. The summed E-state index contributed by atoms with van der Waals surface area (Å²) in [6.07, 6.45) is 1.70. The predicted octanol–water partition coefficient (Wildman–Crippen LogP) is 0.828. The maximum atomic E-state index is 13.7. The van der Waals surface area contributed by atoms with Crippen LogP contribution in [0.2, 0.25) is 0 Å². The molecule has 1 unspecified atom stereocenters. The molecule has 0 saturated carbocycles. The summed E-state index contributed by atoms with van der Waals surface area (Å²) in [6, 6.07) is 0. The first kappa shape index (κ1) is 13.9. The number of amides is 1. The largest absolute Gasteiger partial charge is 0.479 e. The van der Waals surface area contributed by atoms with Gasteiger partial charge >= 0.3 is 5.97 Å². The number of halogens is 1. The lowest BCUT2D eigenvalue weighted by Crippen LogP contribution is -2.40. The molecule has 6 heteroatoms. The molecule has 0 spiro atoms. The molecule has 0 aromatic rings. The van der Waals surface area contributed by atoms with E-state index in [9.17, 15) is 14.0 Å². The SMILES string of the molecule is CCCCOCC(=O)N1CCC(F)(C(=O)O)C1. The Kier molecular flexibility index (Phi) is 4.86. The van der Waals surface area contributed by atoms with Crippen LogP contribution < -0.4 is 0 Å². The van der Waals surface area contributed by atoms with Crippen molar-refractivity contribution in [1.29, 1.82) is 0 Å². The molecule has 98 valence electrons. The van der Waals surface area contributed by atoms with Crippen LogP contribution in [0.25, 0.3) is 0 Å². The van der Waals surface area contributed by atoms with Crippen LogP contribution in [0.15, 0.2) is 0 Å². The monoisotopic (exact) mass is 247 g/mol. The van der Waals surface area contributed by atoms with Crippen LogP contribution in [0.5, 0.6) is 0 Å². The van der Waals surface area contributed by atoms with Gasteiger partial charge in [-0.05, 0) is 6.42 Å². The van der Waals surface area contributed by atoms with Gasteiger partial charge in [0.05, 0.1) is 6.54 Å². The average Bonchev–Trinajstić information content (AvgIpc) is 2.69. The molecule has 1 rings (SSSR count). The first-order chi connectivity index (χ1) is 7.99. The lowest BCUT2D eigenvalue weighted by atomic mass is 10.1. The van der Waals surface area contributed by atoms with Crippen molar-refractivity contribution in [2.24, 2.45) is 0 Å². The van der Waals surface area contributed by atoms with E-state index in [0.717, 1.165) is 12.8 Å². The Morgan fingerprint density at radius 2 is 2.24 bits per heavy atom. The topological polar surface area (TPSA) is 66.8 Å². The molecule has 17 heavy (non-hydrogen) atoms. The summed E-state index contributed by atoms with van der Waals surface area (Å²) in [5.41, 5.74) is -2.29. The summed E-state index contributed by atoms with van der Waals surface area (Å²) < 4.78 is 18.8. The molecule has 0 aliphatic carbocycles. The summed E-state index contributed by atoms with van der Waals surface area (Å²) in [4.78, 5) is 23.4. The Balaban J connectivity index is 2.33. The number of rotatable bonds is 6. The van der Waals surface area contributed by atoms with Crippen molar-refractivity contribution < 1.29 is 23.8 Å². The van der Waals surface area contributed by atoms with Gasteiger partial charge in [0.2, 0.25) is 11.6 Å². The van der Waals surface area contributed by atoms with Crippen molar-refractivity contribution in [2.45, 2.75) is 31.9 Å². The number of nitrogens with zero attached hydrogens (tertiary/aromatic N) is 1. The Morgan fingerprint density at radius 1 is 1.53 bits per heavy atom. The molecule has 1 aliphatic heterocycles. The molecular formula is C11H18FNO4. The van der Waals surface area contributed by atoms with Crippen LogP contribution in [0.3, 0.4) is 0 Å². The maximum absolute atomic E-state index is 13.7. The van der Waals surface area contributed by atoms with Crippen molar-refractivity contribution >= 4 is 11.9 Å². The summed E-state index contributed by atoms with van der Waals surface area (Å²) in [5.74, 6) is -1.85. The number of hydrogen-bond donors (Lipinski definition) is 1. The standard InChI is InChI=1S/C11H18FNO4/c1-2-3-6-17-7-9(14)13-5-4-11(12,8-13)10(15)16/h2-8H2,1H3,(H,15,16). The third-order valence-electron chi connectivity index (χ3n) is 2.82. The fraction of sp³-hybridized carbons (Fsp3) is 0.818. The number of likely N-dealkylation sites (tertiary alicyclic amines) is 1. The van der Waals surface area contributed by atoms with Gasteiger partial charge in [0, 0.05) is 19.6 Å². The fourth-order valence-electron chi connectivity index (χ4n) is 1.66. The number of carbonyl (C=O) groups excluding carboxylic acids is 1. The molecule has 1 atom stereocenters. The molecule has 0 bridgehead atoms. The zero-order valence-corrected chi connectivity index (χ0v) is 9.95. The Hall–Kier alpha value is -1.17.